The van der Waals surface area contributed by atoms with Crippen LogP contribution in [0.1, 0.15) is 18.4 Å². The molecule has 1 aromatic heterocycles. The molecule has 3 nitrogen and oxygen atoms in total. The lowest BCUT2D eigenvalue weighted by atomic mass is 10.2. The van der Waals surface area contributed by atoms with Crippen LogP contribution in [0.25, 0.3) is 0 Å². The third-order valence-electron chi connectivity index (χ3n) is 2.88. The molecule has 0 bridgehead atoms. The molecule has 3 heteroatoms. The van der Waals surface area contributed by atoms with Crippen LogP contribution in [0.15, 0.2) is 24.5 Å². The van der Waals surface area contributed by atoms with Crippen molar-refractivity contribution in [3.8, 4) is 0 Å². The number of pyridine rings is 1. The summed E-state index contributed by atoms with van der Waals surface area (Å²) in [5, 5.41) is 0. The smallest absolute Gasteiger partial charge is 0.0312 e. The molecule has 1 aliphatic heterocycles. The highest BCUT2D eigenvalue weighted by Crippen LogP contribution is 2.18. The molecule has 0 amide bonds. The van der Waals surface area contributed by atoms with Gasteiger partial charge in [0.05, 0.1) is 0 Å². The van der Waals surface area contributed by atoms with E-state index in [1.165, 1.54) is 24.9 Å². The van der Waals surface area contributed by atoms with Crippen molar-refractivity contribution in [3.63, 3.8) is 0 Å². The van der Waals surface area contributed by atoms with Gasteiger partial charge in [0, 0.05) is 31.5 Å². The van der Waals surface area contributed by atoms with Crippen molar-refractivity contribution >= 4 is 0 Å². The second-order valence-electron chi connectivity index (χ2n) is 3.86. The highest BCUT2D eigenvalue weighted by molar-refractivity contribution is 5.08. The van der Waals surface area contributed by atoms with Crippen molar-refractivity contribution < 1.29 is 0 Å². The molecule has 2 rings (SSSR count). The Bertz CT molecular complexity index is 273. The average Bonchev–Trinajstić information content (AvgIpc) is 2.67. The Morgan fingerprint density at radius 2 is 2.50 bits per heavy atom. The van der Waals surface area contributed by atoms with Gasteiger partial charge in [0.25, 0.3) is 0 Å². The number of aromatic nitrogens is 1. The monoisotopic (exact) mass is 191 g/mol. The van der Waals surface area contributed by atoms with Gasteiger partial charge < -0.3 is 5.73 Å². The van der Waals surface area contributed by atoms with Crippen LogP contribution in [-0.2, 0) is 6.54 Å². The van der Waals surface area contributed by atoms with Crippen LogP contribution >= 0.6 is 0 Å². The van der Waals surface area contributed by atoms with E-state index in [9.17, 15) is 0 Å². The van der Waals surface area contributed by atoms with Gasteiger partial charge in [-0.2, -0.15) is 0 Å². The minimum atomic E-state index is 0.579. The van der Waals surface area contributed by atoms with Crippen LogP contribution in [0.5, 0.6) is 0 Å². The second-order valence-corrected chi connectivity index (χ2v) is 3.86. The molecule has 76 valence electrons. The topological polar surface area (TPSA) is 42.1 Å². The zero-order valence-electron chi connectivity index (χ0n) is 8.39. The van der Waals surface area contributed by atoms with Crippen LogP contribution in [0.2, 0.25) is 0 Å². The van der Waals surface area contributed by atoms with Gasteiger partial charge in [-0.1, -0.05) is 6.07 Å². The van der Waals surface area contributed by atoms with E-state index in [-0.39, 0.29) is 0 Å². The molecule has 0 saturated carbocycles. The molecule has 1 aliphatic rings. The van der Waals surface area contributed by atoms with Crippen LogP contribution in [0, 0.1) is 0 Å². The lowest BCUT2D eigenvalue weighted by Crippen LogP contribution is -2.34. The Morgan fingerprint density at radius 1 is 1.57 bits per heavy atom. The molecule has 2 heterocycles. The van der Waals surface area contributed by atoms with E-state index in [2.05, 4.69) is 16.0 Å². The number of nitrogens with zero attached hydrogens (tertiary/aromatic N) is 2. The van der Waals surface area contributed by atoms with E-state index in [1.54, 1.807) is 0 Å². The Hall–Kier alpha value is -0.930. The molecule has 1 atom stereocenters. The van der Waals surface area contributed by atoms with Gasteiger partial charge in [0.2, 0.25) is 0 Å². The van der Waals surface area contributed by atoms with E-state index >= 15 is 0 Å². The largest absolute Gasteiger partial charge is 0.329 e. The fourth-order valence-electron chi connectivity index (χ4n) is 2.10. The van der Waals surface area contributed by atoms with Gasteiger partial charge in [0.15, 0.2) is 0 Å². The number of rotatable bonds is 3. The minimum absolute atomic E-state index is 0.579. The molecule has 1 fully saturated rings. The maximum atomic E-state index is 5.72. The summed E-state index contributed by atoms with van der Waals surface area (Å²) in [6.45, 7) is 2.95. The normalized spacial score (nSPS) is 22.8. The lowest BCUT2D eigenvalue weighted by Gasteiger charge is -2.22. The second kappa shape index (κ2) is 4.53. The Morgan fingerprint density at radius 3 is 3.21 bits per heavy atom. The third kappa shape index (κ3) is 2.11. The summed E-state index contributed by atoms with van der Waals surface area (Å²) >= 11 is 0. The lowest BCUT2D eigenvalue weighted by molar-refractivity contribution is 0.250. The molecule has 0 radical (unpaired) electrons. The first-order chi connectivity index (χ1) is 6.90. The van der Waals surface area contributed by atoms with Crippen LogP contribution in [0.4, 0.5) is 0 Å². The summed E-state index contributed by atoms with van der Waals surface area (Å²) in [4.78, 5) is 6.58. The van der Waals surface area contributed by atoms with Gasteiger partial charge >= 0.3 is 0 Å². The van der Waals surface area contributed by atoms with Gasteiger partial charge in [-0.3, -0.25) is 9.88 Å². The number of hydrogen-bond donors (Lipinski definition) is 1. The highest BCUT2D eigenvalue weighted by atomic mass is 15.2. The van der Waals surface area contributed by atoms with E-state index in [0.29, 0.717) is 6.04 Å². The maximum Gasteiger partial charge on any atom is 0.0312 e. The predicted octanol–water partition coefficient (Wildman–Crippen LogP) is 1.00. The average molecular weight is 191 g/mol. The van der Waals surface area contributed by atoms with Crippen LogP contribution in [0.3, 0.4) is 0 Å². The molecule has 1 unspecified atom stereocenters. The van der Waals surface area contributed by atoms with Crippen LogP contribution in [-0.4, -0.2) is 29.0 Å². The quantitative estimate of drug-likeness (QED) is 0.775. The molecular formula is C11H17N3. The zero-order chi connectivity index (χ0) is 9.80. The SMILES string of the molecule is NCC1CCCN1Cc1cccnc1. The van der Waals surface area contributed by atoms with Crippen molar-refractivity contribution in [1.29, 1.82) is 0 Å². The first-order valence-electron chi connectivity index (χ1n) is 5.23. The van der Waals surface area contributed by atoms with E-state index < -0.39 is 0 Å². The zero-order valence-corrected chi connectivity index (χ0v) is 8.39. The van der Waals surface area contributed by atoms with Crippen molar-refractivity contribution in [2.45, 2.75) is 25.4 Å². The predicted molar refractivity (Wildman–Crippen MR) is 56.7 cm³/mol. The molecular weight excluding hydrogens is 174 g/mol. The van der Waals surface area contributed by atoms with Crippen molar-refractivity contribution in [1.82, 2.24) is 9.88 Å². The molecule has 0 aromatic carbocycles. The van der Waals surface area contributed by atoms with Crippen molar-refractivity contribution in [3.05, 3.63) is 30.1 Å². The molecule has 0 spiro atoms. The fraction of sp³-hybridized carbons (Fsp3) is 0.545. The first kappa shape index (κ1) is 9.62. The summed E-state index contributed by atoms with van der Waals surface area (Å²) in [5.41, 5.74) is 7.01. The van der Waals surface area contributed by atoms with Crippen molar-refractivity contribution in [2.75, 3.05) is 13.1 Å². The maximum absolute atomic E-state index is 5.72. The van der Waals surface area contributed by atoms with Gasteiger partial charge in [-0.25, -0.2) is 0 Å². The summed E-state index contributed by atoms with van der Waals surface area (Å²) in [5.74, 6) is 0. The molecule has 1 aromatic rings. The highest BCUT2D eigenvalue weighted by Gasteiger charge is 2.22. The Kier molecular flexibility index (Phi) is 3.11. The van der Waals surface area contributed by atoms with E-state index in [4.69, 9.17) is 5.73 Å². The number of likely N-dealkylation sites (tertiary alicyclic amines) is 1. The summed E-state index contributed by atoms with van der Waals surface area (Å²) in [6.07, 6.45) is 6.28. The standard InChI is InChI=1S/C11H17N3/c12-7-11-4-2-6-14(11)9-10-3-1-5-13-8-10/h1,3,5,8,11H,2,4,6-7,9,12H2. The molecule has 2 N–H and O–H groups in total. The minimum Gasteiger partial charge on any atom is -0.329 e. The van der Waals surface area contributed by atoms with E-state index in [0.717, 1.165) is 13.1 Å². The third-order valence-corrected chi connectivity index (χ3v) is 2.88. The van der Waals surface area contributed by atoms with E-state index in [1.807, 2.05) is 18.5 Å². The molecule has 14 heavy (non-hydrogen) atoms. The number of hydrogen-bond acceptors (Lipinski definition) is 3. The molecule has 0 aliphatic carbocycles. The van der Waals surface area contributed by atoms with Gasteiger partial charge in [-0.15, -0.1) is 0 Å². The van der Waals surface area contributed by atoms with Crippen molar-refractivity contribution in [2.24, 2.45) is 5.73 Å². The first-order valence-corrected chi connectivity index (χ1v) is 5.23. The fourth-order valence-corrected chi connectivity index (χ4v) is 2.10. The summed E-state index contributed by atoms with van der Waals surface area (Å²) in [7, 11) is 0. The van der Waals surface area contributed by atoms with Gasteiger partial charge in [0.1, 0.15) is 0 Å². The summed E-state index contributed by atoms with van der Waals surface area (Å²) in [6, 6.07) is 4.69. The van der Waals surface area contributed by atoms with Gasteiger partial charge in [-0.05, 0) is 31.0 Å². The summed E-state index contributed by atoms with van der Waals surface area (Å²) < 4.78 is 0. The van der Waals surface area contributed by atoms with Crippen LogP contribution < -0.4 is 5.73 Å². The Labute approximate surface area is 84.9 Å². The molecule has 1 saturated heterocycles. The Balaban J connectivity index is 1.97. The number of nitrogens with two attached hydrogens (primary N) is 1.